The molecule has 114 valence electrons. The molecule has 1 aromatic carbocycles. The maximum Gasteiger partial charge on any atom is 0.0667 e. The van der Waals surface area contributed by atoms with Crippen molar-refractivity contribution >= 4 is 0 Å². The molecule has 2 aromatic rings. The fourth-order valence-electron chi connectivity index (χ4n) is 2.89. The van der Waals surface area contributed by atoms with Gasteiger partial charge in [0.15, 0.2) is 0 Å². The van der Waals surface area contributed by atoms with Gasteiger partial charge in [0.25, 0.3) is 0 Å². The Balaban J connectivity index is 2.23. The van der Waals surface area contributed by atoms with Crippen LogP contribution in [0, 0.1) is 27.7 Å². The van der Waals surface area contributed by atoms with Gasteiger partial charge < -0.3 is 5.32 Å². The lowest BCUT2D eigenvalue weighted by Gasteiger charge is -2.11. The van der Waals surface area contributed by atoms with E-state index in [4.69, 9.17) is 5.10 Å². The second-order valence-electron chi connectivity index (χ2n) is 5.78. The number of aryl methyl sites for hydroxylation is 3. The van der Waals surface area contributed by atoms with Crippen LogP contribution in [-0.2, 0) is 13.0 Å². The number of nitrogens with one attached hydrogen (secondary N) is 1. The third kappa shape index (κ3) is 3.53. The Hall–Kier alpha value is -1.61. The lowest BCUT2D eigenvalue weighted by molar-refractivity contribution is 0.652. The summed E-state index contributed by atoms with van der Waals surface area (Å²) in [5, 5.41) is 8.15. The SMILES string of the molecule is CCNCCc1c(C)nn(Cc2c(C)cccc2C)c1C. The van der Waals surface area contributed by atoms with Crippen LogP contribution in [-0.4, -0.2) is 22.9 Å². The zero-order chi connectivity index (χ0) is 15.4. The van der Waals surface area contributed by atoms with Crippen molar-refractivity contribution in [3.63, 3.8) is 0 Å². The number of aromatic nitrogens is 2. The molecule has 0 saturated heterocycles. The average molecular weight is 285 g/mol. The predicted octanol–water partition coefficient (Wildman–Crippen LogP) is 3.32. The van der Waals surface area contributed by atoms with Crippen molar-refractivity contribution in [1.82, 2.24) is 15.1 Å². The van der Waals surface area contributed by atoms with E-state index in [2.05, 4.69) is 62.8 Å². The molecule has 0 aliphatic rings. The molecule has 3 heteroatoms. The quantitative estimate of drug-likeness (QED) is 0.825. The maximum atomic E-state index is 4.76. The molecule has 0 amide bonds. The molecule has 0 aliphatic heterocycles. The Morgan fingerprint density at radius 3 is 2.33 bits per heavy atom. The van der Waals surface area contributed by atoms with Gasteiger partial charge in [-0.1, -0.05) is 25.1 Å². The maximum absolute atomic E-state index is 4.76. The first-order valence-electron chi connectivity index (χ1n) is 7.83. The third-order valence-corrected chi connectivity index (χ3v) is 4.29. The molecule has 21 heavy (non-hydrogen) atoms. The van der Waals surface area contributed by atoms with Crippen molar-refractivity contribution in [2.24, 2.45) is 0 Å². The molecule has 0 atom stereocenters. The van der Waals surface area contributed by atoms with E-state index in [1.807, 2.05) is 0 Å². The van der Waals surface area contributed by atoms with Crippen molar-refractivity contribution in [1.29, 1.82) is 0 Å². The van der Waals surface area contributed by atoms with Gasteiger partial charge in [0.05, 0.1) is 12.2 Å². The van der Waals surface area contributed by atoms with Crippen LogP contribution in [0.5, 0.6) is 0 Å². The van der Waals surface area contributed by atoms with E-state index in [9.17, 15) is 0 Å². The van der Waals surface area contributed by atoms with Gasteiger partial charge in [-0.2, -0.15) is 5.10 Å². The van der Waals surface area contributed by atoms with Crippen molar-refractivity contribution in [3.8, 4) is 0 Å². The van der Waals surface area contributed by atoms with Crippen LogP contribution in [0.3, 0.4) is 0 Å². The largest absolute Gasteiger partial charge is 0.317 e. The molecule has 0 radical (unpaired) electrons. The first-order chi connectivity index (χ1) is 10.0. The summed E-state index contributed by atoms with van der Waals surface area (Å²) in [4.78, 5) is 0. The van der Waals surface area contributed by atoms with Crippen LogP contribution in [0.25, 0.3) is 0 Å². The molecule has 1 N–H and O–H groups in total. The van der Waals surface area contributed by atoms with Crippen LogP contribution < -0.4 is 5.32 Å². The summed E-state index contributed by atoms with van der Waals surface area (Å²) >= 11 is 0. The Morgan fingerprint density at radius 1 is 1.05 bits per heavy atom. The number of hydrogen-bond acceptors (Lipinski definition) is 2. The summed E-state index contributed by atoms with van der Waals surface area (Å²) in [6.07, 6.45) is 1.05. The fourth-order valence-corrected chi connectivity index (χ4v) is 2.89. The number of nitrogens with zero attached hydrogens (tertiary/aromatic N) is 2. The Labute approximate surface area is 128 Å². The standard InChI is InChI=1S/C18H27N3/c1-6-19-11-10-17-15(4)20-21(16(17)5)12-18-13(2)8-7-9-14(18)3/h7-9,19H,6,10-12H2,1-5H3. The molecule has 1 heterocycles. The second kappa shape index (κ2) is 6.90. The molecule has 0 unspecified atom stereocenters. The van der Waals surface area contributed by atoms with Gasteiger partial charge in [0.2, 0.25) is 0 Å². The van der Waals surface area contributed by atoms with Gasteiger partial charge in [-0.3, -0.25) is 4.68 Å². The highest BCUT2D eigenvalue weighted by Crippen LogP contribution is 2.19. The third-order valence-electron chi connectivity index (χ3n) is 4.29. The van der Waals surface area contributed by atoms with Crippen molar-refractivity contribution in [2.75, 3.05) is 13.1 Å². The first-order valence-corrected chi connectivity index (χ1v) is 7.83. The van der Waals surface area contributed by atoms with Gasteiger partial charge in [0, 0.05) is 5.69 Å². The molecule has 0 bridgehead atoms. The van der Waals surface area contributed by atoms with E-state index in [0.29, 0.717) is 0 Å². The summed E-state index contributed by atoms with van der Waals surface area (Å²) in [5.41, 5.74) is 7.93. The van der Waals surface area contributed by atoms with Crippen LogP contribution in [0.2, 0.25) is 0 Å². The fraction of sp³-hybridized carbons (Fsp3) is 0.500. The zero-order valence-electron chi connectivity index (χ0n) is 14.0. The Kier molecular flexibility index (Phi) is 5.18. The van der Waals surface area contributed by atoms with Gasteiger partial charge in [-0.05, 0) is 69.5 Å². The highest BCUT2D eigenvalue weighted by molar-refractivity contribution is 5.34. The van der Waals surface area contributed by atoms with Crippen molar-refractivity contribution < 1.29 is 0 Å². The summed E-state index contributed by atoms with van der Waals surface area (Å²) in [5.74, 6) is 0. The lowest BCUT2D eigenvalue weighted by atomic mass is 10.0. The topological polar surface area (TPSA) is 29.9 Å². The van der Waals surface area contributed by atoms with Crippen LogP contribution >= 0.6 is 0 Å². The lowest BCUT2D eigenvalue weighted by Crippen LogP contribution is -2.16. The molecule has 3 nitrogen and oxygen atoms in total. The van der Waals surface area contributed by atoms with E-state index in [1.54, 1.807) is 0 Å². The van der Waals surface area contributed by atoms with Gasteiger partial charge in [-0.25, -0.2) is 0 Å². The minimum absolute atomic E-state index is 0.867. The Bertz CT molecular complexity index is 591. The van der Waals surface area contributed by atoms with E-state index in [-0.39, 0.29) is 0 Å². The monoisotopic (exact) mass is 285 g/mol. The van der Waals surface area contributed by atoms with Gasteiger partial charge >= 0.3 is 0 Å². The number of rotatable bonds is 6. The summed E-state index contributed by atoms with van der Waals surface area (Å²) in [6, 6.07) is 6.48. The molecule has 0 fully saturated rings. The minimum Gasteiger partial charge on any atom is -0.317 e. The summed E-state index contributed by atoms with van der Waals surface area (Å²) in [6.45, 7) is 13.7. The predicted molar refractivity (Wildman–Crippen MR) is 89.0 cm³/mol. The molecule has 0 aliphatic carbocycles. The minimum atomic E-state index is 0.867. The van der Waals surface area contributed by atoms with E-state index >= 15 is 0 Å². The molecule has 1 aromatic heterocycles. The second-order valence-corrected chi connectivity index (χ2v) is 5.78. The molecule has 0 saturated carbocycles. The van der Waals surface area contributed by atoms with Crippen LogP contribution in [0.4, 0.5) is 0 Å². The van der Waals surface area contributed by atoms with Gasteiger partial charge in [-0.15, -0.1) is 0 Å². The molecular weight excluding hydrogens is 258 g/mol. The molecule has 0 spiro atoms. The Morgan fingerprint density at radius 2 is 1.71 bits per heavy atom. The highest BCUT2D eigenvalue weighted by Gasteiger charge is 2.12. The smallest absolute Gasteiger partial charge is 0.0667 e. The van der Waals surface area contributed by atoms with E-state index in [1.165, 1.54) is 27.9 Å². The normalized spacial score (nSPS) is 11.1. The van der Waals surface area contributed by atoms with E-state index in [0.717, 1.165) is 31.7 Å². The number of likely N-dealkylation sites (N-methyl/N-ethyl adjacent to an activating group) is 1. The average Bonchev–Trinajstić information content (AvgIpc) is 2.70. The first kappa shape index (κ1) is 15.8. The molecule has 2 rings (SSSR count). The summed E-state index contributed by atoms with van der Waals surface area (Å²) in [7, 11) is 0. The van der Waals surface area contributed by atoms with E-state index < -0.39 is 0 Å². The summed E-state index contributed by atoms with van der Waals surface area (Å²) < 4.78 is 2.16. The van der Waals surface area contributed by atoms with Crippen molar-refractivity contribution in [2.45, 2.75) is 47.6 Å². The molecular formula is C18H27N3. The number of benzene rings is 1. The highest BCUT2D eigenvalue weighted by atomic mass is 15.3. The zero-order valence-corrected chi connectivity index (χ0v) is 14.0. The van der Waals surface area contributed by atoms with Crippen LogP contribution in [0.1, 0.15) is 40.6 Å². The van der Waals surface area contributed by atoms with Crippen LogP contribution in [0.15, 0.2) is 18.2 Å². The number of hydrogen-bond donors (Lipinski definition) is 1. The van der Waals surface area contributed by atoms with Crippen molar-refractivity contribution in [3.05, 3.63) is 51.8 Å². The van der Waals surface area contributed by atoms with Gasteiger partial charge in [0.1, 0.15) is 0 Å².